The standard InChI is InChI=1S/C40H100O10Si10/c1-31(2,3)56(32(4,5)6)45-54-43-52-41-51-42-53-44-55-46-57(33(7,8)9,34(10,11)12)48-59(37(19,20)21,38(22,23)24)50-60(39(25,26)27,40(28,29)30)49-58(47-56,35(13,14)15)36(16,17)18/h51-55H2,1-30H3. The van der Waals surface area contributed by atoms with Gasteiger partial charge in [-0.3, -0.25) is 0 Å². The Hall–Kier alpha value is 1.77. The van der Waals surface area contributed by atoms with E-state index < -0.39 is 123 Å². The summed E-state index contributed by atoms with van der Waals surface area (Å²) in [7, 11) is -24.3. The van der Waals surface area contributed by atoms with Crippen LogP contribution in [-0.4, -0.2) is 92.8 Å². The van der Waals surface area contributed by atoms with Crippen molar-refractivity contribution in [2.75, 3.05) is 0 Å². The second-order valence-corrected chi connectivity index (χ2v) is 62.1. The molecule has 10 nitrogen and oxygen atoms in total. The maximum atomic E-state index is 8.75. The molecule has 1 fully saturated rings. The van der Waals surface area contributed by atoms with Gasteiger partial charge in [0.2, 0.25) is 0 Å². The highest BCUT2D eigenvalue weighted by atomic mass is 28.5. The fourth-order valence-electron chi connectivity index (χ4n) is 10.4. The summed E-state index contributed by atoms with van der Waals surface area (Å²) in [5, 5.41) is -4.01. The zero-order chi connectivity index (χ0) is 48.1. The molecular weight excluding hydrogens is 921 g/mol. The van der Waals surface area contributed by atoms with Crippen LogP contribution in [0, 0.1) is 0 Å². The molecule has 0 saturated carbocycles. The molecular formula is C40H100O10Si10. The number of rotatable bonds is 0. The Kier molecular flexibility index (Phi) is 19.0. The van der Waals surface area contributed by atoms with Gasteiger partial charge < -0.3 is 41.2 Å². The van der Waals surface area contributed by atoms with Gasteiger partial charge in [-0.25, -0.2) is 0 Å². The van der Waals surface area contributed by atoms with Crippen LogP contribution in [0.25, 0.3) is 0 Å². The molecule has 0 N–H and O–H groups in total. The molecule has 0 aliphatic carbocycles. The molecule has 0 aromatic carbocycles. The Morgan fingerprint density at radius 1 is 0.200 bits per heavy atom. The third kappa shape index (κ3) is 11.9. The summed E-state index contributed by atoms with van der Waals surface area (Å²) in [6.07, 6.45) is 0. The molecule has 1 saturated heterocycles. The highest BCUT2D eigenvalue weighted by Crippen LogP contribution is 2.68. The van der Waals surface area contributed by atoms with Gasteiger partial charge in [0.15, 0.2) is 0 Å². The van der Waals surface area contributed by atoms with Crippen LogP contribution in [0.5, 0.6) is 0 Å². The largest absolute Gasteiger partial charge is 0.425 e. The zero-order valence-electron chi connectivity index (χ0n) is 45.1. The average Bonchev–Trinajstić information content (AvgIpc) is 2.93. The molecule has 0 spiro atoms. The van der Waals surface area contributed by atoms with Crippen LogP contribution >= 0.6 is 0 Å². The first-order chi connectivity index (χ1) is 26.0. The lowest BCUT2D eigenvalue weighted by atomic mass is 10.2. The monoisotopic (exact) mass is 1020 g/mol. The highest BCUT2D eigenvalue weighted by Gasteiger charge is 2.77. The molecule has 0 radical (unpaired) electrons. The minimum atomic E-state index is -3.67. The van der Waals surface area contributed by atoms with Gasteiger partial charge in [0.05, 0.1) is 0 Å². The van der Waals surface area contributed by atoms with Crippen molar-refractivity contribution in [3.63, 3.8) is 0 Å². The Morgan fingerprint density at radius 2 is 0.333 bits per heavy atom. The lowest BCUT2D eigenvalue weighted by molar-refractivity contribution is 0.146. The Morgan fingerprint density at radius 3 is 0.483 bits per heavy atom. The third-order valence-corrected chi connectivity index (χ3v) is 50.7. The molecule has 360 valence electrons. The minimum Gasteiger partial charge on any atom is -0.425 e. The molecule has 0 aromatic heterocycles. The predicted molar refractivity (Wildman–Crippen MR) is 279 cm³/mol. The summed E-state index contributed by atoms with van der Waals surface area (Å²) >= 11 is 0. The molecule has 1 aliphatic rings. The smallest absolute Gasteiger partial charge is 0.331 e. The van der Waals surface area contributed by atoms with Crippen molar-refractivity contribution in [3.8, 4) is 0 Å². The maximum absolute atomic E-state index is 8.75. The third-order valence-electron chi connectivity index (χ3n) is 12.2. The van der Waals surface area contributed by atoms with Crippen LogP contribution in [0.1, 0.15) is 208 Å². The van der Waals surface area contributed by atoms with E-state index in [-0.39, 0.29) is 20.2 Å². The summed E-state index contributed by atoms with van der Waals surface area (Å²) in [6.45, 7) is 69.7. The van der Waals surface area contributed by atoms with E-state index in [1.54, 1.807) is 0 Å². The minimum absolute atomic E-state index is 0.348. The van der Waals surface area contributed by atoms with Crippen molar-refractivity contribution < 1.29 is 41.2 Å². The highest BCUT2D eigenvalue weighted by molar-refractivity contribution is 6.97. The van der Waals surface area contributed by atoms with E-state index in [2.05, 4.69) is 208 Å². The topological polar surface area (TPSA) is 92.3 Å². The average molecular weight is 1020 g/mol. The number of hydrogen-bond donors (Lipinski definition) is 0. The van der Waals surface area contributed by atoms with Gasteiger partial charge >= 0.3 is 42.8 Å². The number of hydrogen-bond acceptors (Lipinski definition) is 10. The van der Waals surface area contributed by atoms with Gasteiger partial charge in [-0.1, -0.05) is 208 Å². The van der Waals surface area contributed by atoms with Gasteiger partial charge in [0, 0.05) is 50.4 Å². The normalized spacial score (nSPS) is 25.5. The zero-order valence-corrected chi connectivity index (χ0v) is 57.2. The SMILES string of the molecule is CC(C)(C)[Si]1(C(C)(C)C)O[SiH2]O[SiH2]O[SiH2]O[SiH2]O[SiH2]O[Si](C(C)(C)C)(C(C)(C)C)O[Si](C(C)(C)C)(C(C)(C)C)O[Si](C(C)(C)C)(C(C)(C)C)O[Si](C(C)(C)C)(C(C)(C)C)O1. The molecule has 1 heterocycles. The fourth-order valence-corrected chi connectivity index (χ4v) is 67.0. The van der Waals surface area contributed by atoms with Crippen molar-refractivity contribution in [1.29, 1.82) is 0 Å². The van der Waals surface area contributed by atoms with E-state index in [1.165, 1.54) is 0 Å². The Labute approximate surface area is 389 Å². The van der Waals surface area contributed by atoms with Gasteiger partial charge in [-0.15, -0.1) is 0 Å². The van der Waals surface area contributed by atoms with Crippen molar-refractivity contribution in [3.05, 3.63) is 0 Å². The maximum Gasteiger partial charge on any atom is 0.331 e. The van der Waals surface area contributed by atoms with E-state index in [0.29, 0.717) is 0 Å². The molecule has 1 aliphatic heterocycles. The van der Waals surface area contributed by atoms with E-state index in [0.717, 1.165) is 0 Å². The first-order valence-electron chi connectivity index (χ1n) is 22.4. The fraction of sp³-hybridized carbons (Fsp3) is 1.00. The van der Waals surface area contributed by atoms with Crippen LogP contribution in [0.2, 0.25) is 50.4 Å². The lowest BCUT2D eigenvalue weighted by Gasteiger charge is -2.66. The second-order valence-electron chi connectivity index (χ2n) is 27.7. The van der Waals surface area contributed by atoms with Gasteiger partial charge in [0.1, 0.15) is 0 Å². The van der Waals surface area contributed by atoms with Gasteiger partial charge in [0.25, 0.3) is 50.0 Å². The summed E-state index contributed by atoms with van der Waals surface area (Å²) in [5.41, 5.74) is 0. The second kappa shape index (κ2) is 19.0. The van der Waals surface area contributed by atoms with Crippen molar-refractivity contribution in [2.24, 2.45) is 0 Å². The Bertz CT molecular complexity index is 1220. The van der Waals surface area contributed by atoms with E-state index in [1.807, 2.05) is 0 Å². The summed E-state index contributed by atoms with van der Waals surface area (Å²) in [4.78, 5) is 0. The summed E-state index contributed by atoms with van der Waals surface area (Å²) in [6, 6.07) is 0. The van der Waals surface area contributed by atoms with E-state index >= 15 is 0 Å². The molecule has 1 rings (SSSR count). The molecule has 0 bridgehead atoms. The quantitative estimate of drug-likeness (QED) is 0.219. The van der Waals surface area contributed by atoms with Crippen LogP contribution < -0.4 is 0 Å². The molecule has 0 aromatic rings. The summed E-state index contributed by atoms with van der Waals surface area (Å²) < 4.78 is 74.3. The van der Waals surface area contributed by atoms with Crippen LogP contribution in [0.15, 0.2) is 0 Å². The molecule has 60 heavy (non-hydrogen) atoms. The molecule has 0 amide bonds. The van der Waals surface area contributed by atoms with Crippen molar-refractivity contribution in [1.82, 2.24) is 0 Å². The first kappa shape index (κ1) is 59.8. The molecule has 0 atom stereocenters. The van der Waals surface area contributed by atoms with E-state index in [4.69, 9.17) is 41.2 Å². The first-order valence-corrected chi connectivity index (χ1v) is 37.3. The van der Waals surface area contributed by atoms with Gasteiger partial charge in [-0.05, 0) is 0 Å². The lowest BCUT2D eigenvalue weighted by Crippen LogP contribution is -2.78. The molecule has 0 unspecified atom stereocenters. The van der Waals surface area contributed by atoms with Crippen LogP contribution in [-0.2, 0) is 41.2 Å². The van der Waals surface area contributed by atoms with Crippen LogP contribution in [0.3, 0.4) is 0 Å². The predicted octanol–water partition coefficient (Wildman–Crippen LogP) is 10.4. The van der Waals surface area contributed by atoms with Crippen LogP contribution in [0.4, 0.5) is 0 Å². The van der Waals surface area contributed by atoms with Crippen molar-refractivity contribution >= 4 is 92.8 Å². The van der Waals surface area contributed by atoms with Gasteiger partial charge in [-0.2, -0.15) is 0 Å². The van der Waals surface area contributed by atoms with Crippen molar-refractivity contribution in [2.45, 2.75) is 258 Å². The summed E-state index contributed by atoms with van der Waals surface area (Å²) in [5.74, 6) is 0. The molecule has 20 heteroatoms. The Balaban J connectivity index is 5.02. The van der Waals surface area contributed by atoms with E-state index in [9.17, 15) is 0 Å².